The van der Waals surface area contributed by atoms with E-state index < -0.39 is 0 Å². The molecule has 1 aromatic rings. The molecule has 0 spiro atoms. The van der Waals surface area contributed by atoms with E-state index in [1.165, 1.54) is 12.1 Å². The Kier molecular flexibility index (Phi) is 5.08. The van der Waals surface area contributed by atoms with Crippen LogP contribution in [0, 0.1) is 5.82 Å². The Hall–Kier alpha value is -0.580. The lowest BCUT2D eigenvalue weighted by atomic mass is 10.2. The molecule has 0 unspecified atom stereocenters. The minimum Gasteiger partial charge on any atom is -0.392 e. The molecule has 0 amide bonds. The summed E-state index contributed by atoms with van der Waals surface area (Å²) in [7, 11) is 4.01. The Morgan fingerprint density at radius 2 is 2.07 bits per heavy atom. The van der Waals surface area contributed by atoms with E-state index in [0.29, 0.717) is 5.56 Å². The lowest BCUT2D eigenvalue weighted by Crippen LogP contribution is -2.14. The van der Waals surface area contributed by atoms with Gasteiger partial charge in [0.05, 0.1) is 6.61 Å². The molecule has 15 heavy (non-hydrogen) atoms. The molecule has 1 N–H and O–H groups in total. The summed E-state index contributed by atoms with van der Waals surface area (Å²) in [6, 6.07) is 4.68. The number of rotatable bonds is 5. The van der Waals surface area contributed by atoms with E-state index in [0.717, 1.165) is 17.2 Å². The summed E-state index contributed by atoms with van der Waals surface area (Å²) < 4.78 is 13.1. The zero-order valence-electron chi connectivity index (χ0n) is 9.03. The maximum absolute atomic E-state index is 13.1. The Labute approximate surface area is 94.1 Å². The fraction of sp³-hybridized carbons (Fsp3) is 0.455. The van der Waals surface area contributed by atoms with E-state index in [1.807, 2.05) is 20.2 Å². The standard InChI is InChI=1S/C11H16FNOS/c1-13(2)3-4-15-11-6-9(8-14)5-10(12)7-11/h5-7,14H,3-4,8H2,1-2H3. The first-order chi connectivity index (χ1) is 7.11. The van der Waals surface area contributed by atoms with Crippen LogP contribution in [-0.2, 0) is 6.61 Å². The summed E-state index contributed by atoms with van der Waals surface area (Å²) in [5.41, 5.74) is 0.627. The zero-order chi connectivity index (χ0) is 11.3. The third-order valence-electron chi connectivity index (χ3n) is 1.92. The monoisotopic (exact) mass is 229 g/mol. The van der Waals surface area contributed by atoms with Gasteiger partial charge < -0.3 is 10.0 Å². The maximum Gasteiger partial charge on any atom is 0.124 e. The van der Waals surface area contributed by atoms with Gasteiger partial charge in [0.25, 0.3) is 0 Å². The molecule has 2 nitrogen and oxygen atoms in total. The third-order valence-corrected chi connectivity index (χ3v) is 2.88. The van der Waals surface area contributed by atoms with Gasteiger partial charge in [0, 0.05) is 17.2 Å². The van der Waals surface area contributed by atoms with Crippen LogP contribution < -0.4 is 0 Å². The maximum atomic E-state index is 13.1. The van der Waals surface area contributed by atoms with Crippen molar-refractivity contribution in [3.8, 4) is 0 Å². The van der Waals surface area contributed by atoms with E-state index in [4.69, 9.17) is 5.11 Å². The molecule has 0 radical (unpaired) electrons. The number of aliphatic hydroxyl groups is 1. The highest BCUT2D eigenvalue weighted by atomic mass is 32.2. The van der Waals surface area contributed by atoms with Crippen molar-refractivity contribution < 1.29 is 9.50 Å². The Morgan fingerprint density at radius 3 is 2.67 bits per heavy atom. The third kappa shape index (κ3) is 4.64. The van der Waals surface area contributed by atoms with Crippen molar-refractivity contribution in [3.05, 3.63) is 29.6 Å². The highest BCUT2D eigenvalue weighted by Gasteiger charge is 2.01. The molecule has 0 atom stereocenters. The van der Waals surface area contributed by atoms with Gasteiger partial charge in [0.15, 0.2) is 0 Å². The number of aliphatic hydroxyl groups excluding tert-OH is 1. The predicted molar refractivity (Wildman–Crippen MR) is 61.6 cm³/mol. The number of nitrogens with zero attached hydrogens (tertiary/aromatic N) is 1. The van der Waals surface area contributed by atoms with Gasteiger partial charge in [-0.05, 0) is 37.9 Å². The topological polar surface area (TPSA) is 23.5 Å². The molecule has 0 aliphatic heterocycles. The molecule has 0 aromatic heterocycles. The summed E-state index contributed by atoms with van der Waals surface area (Å²) in [4.78, 5) is 2.96. The normalized spacial score (nSPS) is 11.0. The van der Waals surface area contributed by atoms with Gasteiger partial charge >= 0.3 is 0 Å². The predicted octanol–water partition coefficient (Wildman–Crippen LogP) is 1.97. The molecule has 1 rings (SSSR count). The molecule has 0 saturated carbocycles. The van der Waals surface area contributed by atoms with Crippen molar-refractivity contribution in [1.29, 1.82) is 0 Å². The van der Waals surface area contributed by atoms with E-state index in [9.17, 15) is 4.39 Å². The molecule has 0 saturated heterocycles. The van der Waals surface area contributed by atoms with Crippen LogP contribution >= 0.6 is 11.8 Å². The molecule has 1 aromatic carbocycles. The van der Waals surface area contributed by atoms with Gasteiger partial charge in [-0.3, -0.25) is 0 Å². The van der Waals surface area contributed by atoms with Crippen molar-refractivity contribution in [3.63, 3.8) is 0 Å². The van der Waals surface area contributed by atoms with Crippen molar-refractivity contribution in [2.75, 3.05) is 26.4 Å². The van der Waals surface area contributed by atoms with E-state index >= 15 is 0 Å². The average Bonchev–Trinajstić information content (AvgIpc) is 2.16. The van der Waals surface area contributed by atoms with Crippen LogP contribution in [0.2, 0.25) is 0 Å². The Morgan fingerprint density at radius 1 is 1.33 bits per heavy atom. The second-order valence-corrected chi connectivity index (χ2v) is 4.77. The summed E-state index contributed by atoms with van der Waals surface area (Å²) in [5.74, 6) is 0.635. The van der Waals surface area contributed by atoms with E-state index in [1.54, 1.807) is 11.8 Å². The van der Waals surface area contributed by atoms with E-state index in [2.05, 4.69) is 4.90 Å². The SMILES string of the molecule is CN(C)CCSc1cc(F)cc(CO)c1. The molecule has 4 heteroatoms. The summed E-state index contributed by atoms with van der Waals surface area (Å²) in [5, 5.41) is 8.92. The molecule has 0 bridgehead atoms. The van der Waals surface area contributed by atoms with Crippen LogP contribution in [-0.4, -0.2) is 36.4 Å². The van der Waals surface area contributed by atoms with Crippen molar-refractivity contribution in [1.82, 2.24) is 4.90 Å². The minimum absolute atomic E-state index is 0.112. The summed E-state index contributed by atoms with van der Waals surface area (Å²) in [6.07, 6.45) is 0. The van der Waals surface area contributed by atoms with Crippen LogP contribution in [0.3, 0.4) is 0 Å². The molecule has 0 aliphatic carbocycles. The van der Waals surface area contributed by atoms with Gasteiger partial charge in [0.1, 0.15) is 5.82 Å². The number of benzene rings is 1. The van der Waals surface area contributed by atoms with Gasteiger partial charge in [-0.25, -0.2) is 4.39 Å². The van der Waals surface area contributed by atoms with Gasteiger partial charge in [0.2, 0.25) is 0 Å². The lowest BCUT2D eigenvalue weighted by Gasteiger charge is -2.09. The highest BCUT2D eigenvalue weighted by molar-refractivity contribution is 7.99. The molecule has 0 fully saturated rings. The first-order valence-corrected chi connectivity index (χ1v) is 5.78. The van der Waals surface area contributed by atoms with Crippen LogP contribution in [0.4, 0.5) is 4.39 Å². The zero-order valence-corrected chi connectivity index (χ0v) is 9.85. The largest absolute Gasteiger partial charge is 0.392 e. The van der Waals surface area contributed by atoms with Crippen molar-refractivity contribution in [2.45, 2.75) is 11.5 Å². The van der Waals surface area contributed by atoms with Gasteiger partial charge in [-0.15, -0.1) is 11.8 Å². The molecule has 84 valence electrons. The minimum atomic E-state index is -0.283. The van der Waals surface area contributed by atoms with Crippen LogP contribution in [0.5, 0.6) is 0 Å². The average molecular weight is 229 g/mol. The summed E-state index contributed by atoms with van der Waals surface area (Å²) in [6.45, 7) is 0.842. The van der Waals surface area contributed by atoms with Crippen LogP contribution in [0.1, 0.15) is 5.56 Å². The Balaban J connectivity index is 2.56. The second kappa shape index (κ2) is 6.10. The lowest BCUT2D eigenvalue weighted by molar-refractivity contribution is 0.281. The molecule has 0 aliphatic rings. The molecular formula is C11H16FNOS. The first kappa shape index (κ1) is 12.5. The highest BCUT2D eigenvalue weighted by Crippen LogP contribution is 2.20. The summed E-state index contributed by atoms with van der Waals surface area (Å²) >= 11 is 1.60. The smallest absolute Gasteiger partial charge is 0.124 e. The quantitative estimate of drug-likeness (QED) is 0.781. The number of hydrogen-bond acceptors (Lipinski definition) is 3. The Bertz CT molecular complexity index is 317. The first-order valence-electron chi connectivity index (χ1n) is 4.79. The molecular weight excluding hydrogens is 213 g/mol. The fourth-order valence-electron chi connectivity index (χ4n) is 1.14. The van der Waals surface area contributed by atoms with Crippen molar-refractivity contribution >= 4 is 11.8 Å². The van der Waals surface area contributed by atoms with E-state index in [-0.39, 0.29) is 12.4 Å². The van der Waals surface area contributed by atoms with Crippen molar-refractivity contribution in [2.24, 2.45) is 0 Å². The van der Waals surface area contributed by atoms with Gasteiger partial charge in [-0.1, -0.05) is 0 Å². The van der Waals surface area contributed by atoms with Crippen LogP contribution in [0.25, 0.3) is 0 Å². The molecule has 0 heterocycles. The van der Waals surface area contributed by atoms with Gasteiger partial charge in [-0.2, -0.15) is 0 Å². The number of hydrogen-bond donors (Lipinski definition) is 1. The second-order valence-electron chi connectivity index (χ2n) is 3.61. The number of halogens is 1. The number of thioether (sulfide) groups is 1. The fourth-order valence-corrected chi connectivity index (χ4v) is 2.26. The van der Waals surface area contributed by atoms with Crippen LogP contribution in [0.15, 0.2) is 23.1 Å².